The summed E-state index contributed by atoms with van der Waals surface area (Å²) in [5, 5.41) is 7.64. The Morgan fingerprint density at radius 3 is 2.38 bits per heavy atom. The minimum Gasteiger partial charge on any atom is -0.397 e. The lowest BCUT2D eigenvalue weighted by Crippen LogP contribution is -2.25. The predicted octanol–water partition coefficient (Wildman–Crippen LogP) is 3.75. The van der Waals surface area contributed by atoms with Crippen LogP contribution in [0.3, 0.4) is 0 Å². The third-order valence-electron chi connectivity index (χ3n) is 4.33. The lowest BCUT2D eigenvalue weighted by Gasteiger charge is -2.21. The van der Waals surface area contributed by atoms with Gasteiger partial charge in [0.15, 0.2) is 0 Å². The number of hydrogen-bond donors (Lipinski definition) is 3. The van der Waals surface area contributed by atoms with Crippen LogP contribution in [-0.2, 0) is 0 Å². The summed E-state index contributed by atoms with van der Waals surface area (Å²) in [6.07, 6.45) is 11.3. The second kappa shape index (κ2) is 6.69. The fourth-order valence-electron chi connectivity index (χ4n) is 2.93. The van der Waals surface area contributed by atoms with Crippen LogP contribution in [0, 0.1) is 0 Å². The molecule has 0 unspecified atom stereocenters. The quantitative estimate of drug-likeness (QED) is 0.793. The van der Waals surface area contributed by atoms with Crippen LogP contribution in [0.1, 0.15) is 67.5 Å². The monoisotopic (exact) mass is 307 g/mol. The number of carbonyl (C=O) groups excluding carboxylic acids is 1. The molecule has 4 nitrogen and oxygen atoms in total. The molecule has 0 radical (unpaired) electrons. The Morgan fingerprint density at radius 2 is 1.71 bits per heavy atom. The molecule has 1 heterocycles. The van der Waals surface area contributed by atoms with Crippen LogP contribution in [0.15, 0.2) is 6.07 Å². The van der Waals surface area contributed by atoms with E-state index in [9.17, 15) is 4.79 Å². The van der Waals surface area contributed by atoms with Crippen LogP contribution in [0.5, 0.6) is 0 Å². The Morgan fingerprint density at radius 1 is 1.05 bits per heavy atom. The van der Waals surface area contributed by atoms with Gasteiger partial charge in [-0.2, -0.15) is 0 Å². The van der Waals surface area contributed by atoms with Crippen molar-refractivity contribution in [3.05, 3.63) is 10.9 Å². The van der Waals surface area contributed by atoms with Crippen molar-refractivity contribution in [3.63, 3.8) is 0 Å². The summed E-state index contributed by atoms with van der Waals surface area (Å²) < 4.78 is 0. The molecule has 1 aromatic rings. The van der Waals surface area contributed by atoms with Crippen LogP contribution in [0.2, 0.25) is 0 Å². The number of anilines is 2. The first-order valence-electron chi connectivity index (χ1n) is 8.19. The van der Waals surface area contributed by atoms with E-state index in [0.29, 0.717) is 22.6 Å². The van der Waals surface area contributed by atoms with Gasteiger partial charge in [-0.25, -0.2) is 0 Å². The van der Waals surface area contributed by atoms with Crippen molar-refractivity contribution in [3.8, 4) is 0 Å². The van der Waals surface area contributed by atoms with Crippen molar-refractivity contribution in [1.82, 2.24) is 5.32 Å². The second-order valence-corrected chi connectivity index (χ2v) is 7.38. The maximum absolute atomic E-state index is 12.1. The van der Waals surface area contributed by atoms with Crippen LogP contribution in [-0.4, -0.2) is 18.0 Å². The molecule has 4 N–H and O–H groups in total. The first kappa shape index (κ1) is 14.7. The van der Waals surface area contributed by atoms with E-state index in [1.54, 1.807) is 0 Å². The van der Waals surface area contributed by atoms with E-state index in [-0.39, 0.29) is 5.91 Å². The Balaban J connectivity index is 1.60. The lowest BCUT2D eigenvalue weighted by atomic mass is 9.97. The highest BCUT2D eigenvalue weighted by Gasteiger charge is 2.26. The molecule has 0 bridgehead atoms. The smallest absolute Gasteiger partial charge is 0.263 e. The fraction of sp³-hybridized carbons (Fsp3) is 0.688. The number of carbonyl (C=O) groups is 1. The highest BCUT2D eigenvalue weighted by atomic mass is 32.1. The van der Waals surface area contributed by atoms with Gasteiger partial charge in [-0.3, -0.25) is 4.79 Å². The van der Waals surface area contributed by atoms with Crippen LogP contribution < -0.4 is 16.4 Å². The van der Waals surface area contributed by atoms with E-state index in [1.807, 2.05) is 6.07 Å². The first-order valence-corrected chi connectivity index (χ1v) is 9.01. The summed E-state index contributed by atoms with van der Waals surface area (Å²) in [7, 11) is 0. The Bertz CT molecular complexity index is 488. The second-order valence-electron chi connectivity index (χ2n) is 6.33. The molecule has 116 valence electrons. The van der Waals surface area contributed by atoms with Gasteiger partial charge in [0.25, 0.3) is 5.91 Å². The maximum atomic E-state index is 12.1. The van der Waals surface area contributed by atoms with E-state index >= 15 is 0 Å². The van der Waals surface area contributed by atoms with Gasteiger partial charge in [0, 0.05) is 12.1 Å². The molecule has 2 fully saturated rings. The van der Waals surface area contributed by atoms with E-state index in [2.05, 4.69) is 10.6 Å². The van der Waals surface area contributed by atoms with Crippen molar-refractivity contribution in [2.75, 3.05) is 11.1 Å². The predicted molar refractivity (Wildman–Crippen MR) is 88.9 cm³/mol. The molecular formula is C16H25N3OS. The van der Waals surface area contributed by atoms with Crippen molar-refractivity contribution in [1.29, 1.82) is 0 Å². The Hall–Kier alpha value is -1.23. The van der Waals surface area contributed by atoms with Crippen molar-refractivity contribution in [2.45, 2.75) is 69.9 Å². The average molecular weight is 307 g/mol. The van der Waals surface area contributed by atoms with Gasteiger partial charge < -0.3 is 16.4 Å². The summed E-state index contributed by atoms with van der Waals surface area (Å²) >= 11 is 1.49. The first-order chi connectivity index (χ1) is 10.2. The topological polar surface area (TPSA) is 67.1 Å². The van der Waals surface area contributed by atoms with E-state index < -0.39 is 0 Å². The molecule has 0 saturated heterocycles. The molecule has 0 atom stereocenters. The number of amides is 1. The van der Waals surface area contributed by atoms with Gasteiger partial charge in [0.2, 0.25) is 0 Å². The van der Waals surface area contributed by atoms with Gasteiger partial charge in [-0.1, -0.05) is 32.1 Å². The maximum Gasteiger partial charge on any atom is 0.263 e. The largest absolute Gasteiger partial charge is 0.397 e. The normalized spacial score (nSPS) is 20.6. The van der Waals surface area contributed by atoms with Gasteiger partial charge in [0.1, 0.15) is 4.88 Å². The summed E-state index contributed by atoms with van der Waals surface area (Å²) in [5.74, 6) is -0.00860. The molecule has 0 aromatic carbocycles. The number of nitrogen functional groups attached to an aromatic ring is 1. The van der Waals surface area contributed by atoms with Crippen LogP contribution in [0.25, 0.3) is 0 Å². The molecule has 3 rings (SSSR count). The molecule has 5 heteroatoms. The van der Waals surface area contributed by atoms with Crippen molar-refractivity contribution >= 4 is 27.9 Å². The molecule has 1 amide bonds. The summed E-state index contributed by atoms with van der Waals surface area (Å²) in [6.45, 7) is 0. The number of thiophene rings is 1. The van der Waals surface area contributed by atoms with Crippen LogP contribution in [0.4, 0.5) is 10.7 Å². The zero-order valence-corrected chi connectivity index (χ0v) is 13.3. The zero-order valence-electron chi connectivity index (χ0n) is 12.5. The van der Waals surface area contributed by atoms with Gasteiger partial charge in [-0.15, -0.1) is 11.3 Å². The average Bonchev–Trinajstić information content (AvgIpc) is 3.14. The van der Waals surface area contributed by atoms with Crippen LogP contribution >= 0.6 is 11.3 Å². The molecule has 2 aliphatic rings. The van der Waals surface area contributed by atoms with E-state index in [1.165, 1.54) is 56.3 Å². The minimum atomic E-state index is -0.00860. The third kappa shape index (κ3) is 4.13. The number of rotatable bonds is 4. The molecule has 0 aliphatic heterocycles. The minimum absolute atomic E-state index is 0.00860. The lowest BCUT2D eigenvalue weighted by molar-refractivity contribution is 0.0956. The third-order valence-corrected chi connectivity index (χ3v) is 5.41. The molecule has 1 aromatic heterocycles. The standard InChI is InChI=1S/C16H25N3OS/c17-13-10-14(18-11-6-4-2-1-3-5-7-11)21-15(13)16(20)19-12-8-9-12/h10-12,18H,1-9,17H2,(H,19,20). The fourth-order valence-corrected chi connectivity index (χ4v) is 3.89. The Labute approximate surface area is 130 Å². The van der Waals surface area contributed by atoms with Gasteiger partial charge in [0.05, 0.1) is 10.7 Å². The van der Waals surface area contributed by atoms with Gasteiger partial charge >= 0.3 is 0 Å². The zero-order chi connectivity index (χ0) is 14.7. The number of nitrogens with two attached hydrogens (primary N) is 1. The molecule has 0 spiro atoms. The number of hydrogen-bond acceptors (Lipinski definition) is 4. The molecular weight excluding hydrogens is 282 g/mol. The van der Waals surface area contributed by atoms with Crippen molar-refractivity contribution < 1.29 is 4.79 Å². The van der Waals surface area contributed by atoms with E-state index in [4.69, 9.17) is 5.73 Å². The summed E-state index contributed by atoms with van der Waals surface area (Å²) in [5.41, 5.74) is 6.61. The van der Waals surface area contributed by atoms with E-state index in [0.717, 1.165) is 17.8 Å². The van der Waals surface area contributed by atoms with Gasteiger partial charge in [-0.05, 0) is 31.7 Å². The highest BCUT2D eigenvalue weighted by Crippen LogP contribution is 2.32. The Kier molecular flexibility index (Phi) is 4.68. The van der Waals surface area contributed by atoms with Crippen molar-refractivity contribution in [2.24, 2.45) is 0 Å². The summed E-state index contributed by atoms with van der Waals surface area (Å²) in [4.78, 5) is 12.8. The molecule has 2 saturated carbocycles. The molecule has 2 aliphatic carbocycles. The SMILES string of the molecule is Nc1cc(NC2CCCCCCC2)sc1C(=O)NC1CC1. The highest BCUT2D eigenvalue weighted by molar-refractivity contribution is 7.18. The molecule has 21 heavy (non-hydrogen) atoms. The summed E-state index contributed by atoms with van der Waals surface area (Å²) in [6, 6.07) is 2.83. The number of nitrogens with one attached hydrogen (secondary N) is 2.